The van der Waals surface area contributed by atoms with Gasteiger partial charge in [-0.25, -0.2) is 8.78 Å². The van der Waals surface area contributed by atoms with Crippen LogP contribution in [0.15, 0.2) is 12.1 Å². The lowest BCUT2D eigenvalue weighted by atomic mass is 10.1. The Morgan fingerprint density at radius 1 is 1.19 bits per heavy atom. The highest BCUT2D eigenvalue weighted by molar-refractivity contribution is 5.94. The lowest BCUT2D eigenvalue weighted by Gasteiger charge is -2.37. The molecule has 0 bridgehead atoms. The van der Waals surface area contributed by atoms with Crippen LogP contribution in [0.5, 0.6) is 0 Å². The molecule has 1 amide bonds. The topological polar surface area (TPSA) is 61.6 Å². The minimum Gasteiger partial charge on any atom is -0.336 e. The number of nitrogens with two attached hydrogens (primary N) is 1. The maximum atomic E-state index is 13.6. The van der Waals surface area contributed by atoms with Crippen LogP contribution < -0.4 is 11.3 Å². The number of nitrogens with one attached hydrogen (secondary N) is 1. The van der Waals surface area contributed by atoms with E-state index in [1.165, 1.54) is 0 Å². The summed E-state index contributed by atoms with van der Waals surface area (Å²) in [6.45, 7) is 6.82. The smallest absolute Gasteiger partial charge is 0.254 e. The molecule has 7 heteroatoms. The number of amides is 1. The van der Waals surface area contributed by atoms with Crippen molar-refractivity contribution in [2.45, 2.75) is 19.9 Å². The lowest BCUT2D eigenvalue weighted by molar-refractivity contribution is 0.0594. The van der Waals surface area contributed by atoms with E-state index in [1.54, 1.807) is 4.90 Å². The van der Waals surface area contributed by atoms with Crippen molar-refractivity contribution in [3.63, 3.8) is 0 Å². The summed E-state index contributed by atoms with van der Waals surface area (Å²) in [6, 6.07) is 2.44. The number of rotatable bonds is 3. The van der Waals surface area contributed by atoms with Crippen LogP contribution in [-0.2, 0) is 0 Å². The van der Waals surface area contributed by atoms with Gasteiger partial charge in [0.15, 0.2) is 11.6 Å². The highest BCUT2D eigenvalue weighted by Crippen LogP contribution is 2.21. The molecule has 21 heavy (non-hydrogen) atoms. The summed E-state index contributed by atoms with van der Waals surface area (Å²) >= 11 is 0. The number of nitrogens with zero attached hydrogens (tertiary/aromatic N) is 2. The molecular formula is C14H20F2N4O. The van der Waals surface area contributed by atoms with E-state index < -0.39 is 17.3 Å². The molecule has 1 aliphatic heterocycles. The van der Waals surface area contributed by atoms with Crippen molar-refractivity contribution in [2.24, 2.45) is 5.84 Å². The van der Waals surface area contributed by atoms with E-state index in [2.05, 4.69) is 18.7 Å². The number of hydrogen-bond acceptors (Lipinski definition) is 4. The molecule has 0 atom stereocenters. The fourth-order valence-electron chi connectivity index (χ4n) is 2.46. The van der Waals surface area contributed by atoms with Crippen LogP contribution in [0.25, 0.3) is 0 Å². The van der Waals surface area contributed by atoms with Crippen LogP contribution in [-0.4, -0.2) is 47.9 Å². The largest absolute Gasteiger partial charge is 0.336 e. The number of anilines is 1. The Kier molecular flexibility index (Phi) is 4.74. The molecule has 1 aromatic carbocycles. The fraction of sp³-hybridized carbons (Fsp3) is 0.500. The summed E-state index contributed by atoms with van der Waals surface area (Å²) in [4.78, 5) is 16.2. The van der Waals surface area contributed by atoms with Gasteiger partial charge in [-0.1, -0.05) is 0 Å². The number of carbonyl (C=O) groups is 1. The quantitative estimate of drug-likeness (QED) is 0.654. The maximum Gasteiger partial charge on any atom is 0.254 e. The second-order valence-corrected chi connectivity index (χ2v) is 5.38. The molecule has 3 N–H and O–H groups in total. The van der Waals surface area contributed by atoms with Gasteiger partial charge in [-0.15, -0.1) is 0 Å². The van der Waals surface area contributed by atoms with Gasteiger partial charge >= 0.3 is 0 Å². The summed E-state index contributed by atoms with van der Waals surface area (Å²) in [5, 5.41) is 0. The van der Waals surface area contributed by atoms with E-state index in [0.717, 1.165) is 25.2 Å². The van der Waals surface area contributed by atoms with Gasteiger partial charge in [0.05, 0.1) is 0 Å². The monoisotopic (exact) mass is 298 g/mol. The molecule has 2 rings (SSSR count). The molecule has 1 aromatic rings. The Morgan fingerprint density at radius 3 is 2.14 bits per heavy atom. The Bertz CT molecular complexity index is 505. The standard InChI is InChI=1S/C14H20F2N4O/c1-9(2)19-3-5-20(6-4-19)14(21)10-7-11(15)13(18-17)12(16)8-10/h7-9,18H,3-6,17H2,1-2H3. The number of halogens is 2. The number of nitrogen functional groups attached to an aromatic ring is 1. The first-order valence-electron chi connectivity index (χ1n) is 6.93. The zero-order valence-corrected chi connectivity index (χ0v) is 12.2. The summed E-state index contributed by atoms with van der Waals surface area (Å²) in [5.74, 6) is 2.92. The predicted molar refractivity (Wildman–Crippen MR) is 76.8 cm³/mol. The number of benzene rings is 1. The summed E-state index contributed by atoms with van der Waals surface area (Å²) in [7, 11) is 0. The third kappa shape index (κ3) is 3.30. The van der Waals surface area contributed by atoms with E-state index in [4.69, 9.17) is 5.84 Å². The molecule has 1 aliphatic rings. The lowest BCUT2D eigenvalue weighted by Crippen LogP contribution is -2.50. The molecule has 5 nitrogen and oxygen atoms in total. The minimum absolute atomic E-state index is 0.00185. The molecule has 1 saturated heterocycles. The molecule has 1 heterocycles. The SMILES string of the molecule is CC(C)N1CCN(C(=O)c2cc(F)c(NN)c(F)c2)CC1. The molecule has 1 fully saturated rings. The summed E-state index contributed by atoms with van der Waals surface area (Å²) in [5.41, 5.74) is 1.51. The van der Waals surface area contributed by atoms with E-state index >= 15 is 0 Å². The van der Waals surface area contributed by atoms with Crippen molar-refractivity contribution in [1.29, 1.82) is 0 Å². The fourth-order valence-corrected chi connectivity index (χ4v) is 2.46. The van der Waals surface area contributed by atoms with Gasteiger partial charge in [-0.05, 0) is 26.0 Å². The summed E-state index contributed by atoms with van der Waals surface area (Å²) < 4.78 is 27.3. The molecule has 0 spiro atoms. The molecule has 0 unspecified atom stereocenters. The number of hydrogen-bond donors (Lipinski definition) is 2. The van der Waals surface area contributed by atoms with Gasteiger partial charge in [0.1, 0.15) is 5.69 Å². The van der Waals surface area contributed by atoms with Crippen molar-refractivity contribution < 1.29 is 13.6 Å². The van der Waals surface area contributed by atoms with Gasteiger partial charge in [-0.2, -0.15) is 0 Å². The van der Waals surface area contributed by atoms with Gasteiger partial charge in [0, 0.05) is 37.8 Å². The second kappa shape index (κ2) is 6.36. The minimum atomic E-state index is -0.873. The predicted octanol–water partition coefficient (Wildman–Crippen LogP) is 1.42. The third-order valence-corrected chi connectivity index (χ3v) is 3.77. The molecule has 0 saturated carbocycles. The second-order valence-electron chi connectivity index (χ2n) is 5.38. The third-order valence-electron chi connectivity index (χ3n) is 3.77. The molecular weight excluding hydrogens is 278 g/mol. The highest BCUT2D eigenvalue weighted by Gasteiger charge is 2.24. The molecule has 0 radical (unpaired) electrons. The van der Waals surface area contributed by atoms with Crippen LogP contribution in [0, 0.1) is 11.6 Å². The number of carbonyl (C=O) groups excluding carboxylic acids is 1. The average molecular weight is 298 g/mol. The first kappa shape index (κ1) is 15.7. The maximum absolute atomic E-state index is 13.6. The Labute approximate surface area is 122 Å². The first-order chi connectivity index (χ1) is 9.93. The van der Waals surface area contributed by atoms with Crippen LogP contribution in [0.3, 0.4) is 0 Å². The van der Waals surface area contributed by atoms with Crippen LogP contribution in [0.2, 0.25) is 0 Å². The Hall–Kier alpha value is -1.73. The zero-order chi connectivity index (χ0) is 15.6. The number of hydrazine groups is 1. The van der Waals surface area contributed by atoms with E-state index in [1.807, 2.05) is 5.43 Å². The van der Waals surface area contributed by atoms with E-state index in [0.29, 0.717) is 19.1 Å². The van der Waals surface area contributed by atoms with E-state index in [-0.39, 0.29) is 11.5 Å². The summed E-state index contributed by atoms with van der Waals surface area (Å²) in [6.07, 6.45) is 0. The Balaban J connectivity index is 2.11. The number of piperazine rings is 1. The molecule has 116 valence electrons. The van der Waals surface area contributed by atoms with Crippen molar-refractivity contribution >= 4 is 11.6 Å². The Morgan fingerprint density at radius 2 is 1.71 bits per heavy atom. The van der Waals surface area contributed by atoms with Crippen LogP contribution >= 0.6 is 0 Å². The molecule has 0 aromatic heterocycles. The zero-order valence-electron chi connectivity index (χ0n) is 12.2. The van der Waals surface area contributed by atoms with Crippen molar-refractivity contribution in [3.8, 4) is 0 Å². The first-order valence-corrected chi connectivity index (χ1v) is 6.93. The highest BCUT2D eigenvalue weighted by atomic mass is 19.1. The van der Waals surface area contributed by atoms with Crippen molar-refractivity contribution in [2.75, 3.05) is 31.6 Å². The van der Waals surface area contributed by atoms with Crippen LogP contribution in [0.4, 0.5) is 14.5 Å². The van der Waals surface area contributed by atoms with Gasteiger partial charge in [-0.3, -0.25) is 15.5 Å². The molecule has 0 aliphatic carbocycles. The van der Waals surface area contributed by atoms with Gasteiger partial charge in [0.2, 0.25) is 0 Å². The average Bonchev–Trinajstić information content (AvgIpc) is 2.46. The van der Waals surface area contributed by atoms with Crippen molar-refractivity contribution in [3.05, 3.63) is 29.3 Å². The van der Waals surface area contributed by atoms with Gasteiger partial charge < -0.3 is 10.3 Å². The normalized spacial score (nSPS) is 16.4. The van der Waals surface area contributed by atoms with Crippen molar-refractivity contribution in [1.82, 2.24) is 9.80 Å². The van der Waals surface area contributed by atoms with Crippen LogP contribution in [0.1, 0.15) is 24.2 Å². The van der Waals surface area contributed by atoms with E-state index in [9.17, 15) is 13.6 Å². The van der Waals surface area contributed by atoms with Gasteiger partial charge in [0.25, 0.3) is 5.91 Å².